The van der Waals surface area contributed by atoms with E-state index in [1.165, 1.54) is 12.4 Å². The standard InChI is InChI=1S/C13H19ClN2O3/c1-12(2,3)19-11(17)13(4,5)8-18-10-7-15-9(14)6-16-10/h6-7H,8H2,1-5H3. The predicted octanol–water partition coefficient (Wildman–Crippen LogP) is 2.88. The molecule has 1 rings (SSSR count). The molecule has 0 aliphatic rings. The van der Waals surface area contributed by atoms with Gasteiger partial charge in [-0.1, -0.05) is 11.6 Å². The second kappa shape index (κ2) is 5.74. The summed E-state index contributed by atoms with van der Waals surface area (Å²) in [5.41, 5.74) is -1.29. The zero-order chi connectivity index (χ0) is 14.7. The second-order valence-corrected chi connectivity index (χ2v) is 6.24. The number of esters is 1. The van der Waals surface area contributed by atoms with Crippen LogP contribution in [-0.4, -0.2) is 28.1 Å². The Morgan fingerprint density at radius 2 is 1.84 bits per heavy atom. The summed E-state index contributed by atoms with van der Waals surface area (Å²) in [6, 6.07) is 0. The third kappa shape index (κ3) is 5.42. The predicted molar refractivity (Wildman–Crippen MR) is 72.2 cm³/mol. The maximum absolute atomic E-state index is 12.0. The van der Waals surface area contributed by atoms with E-state index >= 15 is 0 Å². The Balaban J connectivity index is 2.59. The number of carbonyl (C=O) groups excluding carboxylic acids is 1. The number of nitrogens with zero attached hydrogens (tertiary/aromatic N) is 2. The van der Waals surface area contributed by atoms with Crippen molar-refractivity contribution in [2.24, 2.45) is 5.41 Å². The van der Waals surface area contributed by atoms with Crippen LogP contribution in [0.2, 0.25) is 5.15 Å². The van der Waals surface area contributed by atoms with Crippen LogP contribution in [0.3, 0.4) is 0 Å². The number of ether oxygens (including phenoxy) is 2. The van der Waals surface area contributed by atoms with E-state index < -0.39 is 11.0 Å². The minimum absolute atomic E-state index is 0.151. The number of hydrogen-bond donors (Lipinski definition) is 0. The van der Waals surface area contributed by atoms with Gasteiger partial charge in [0, 0.05) is 0 Å². The molecule has 0 saturated carbocycles. The number of halogens is 1. The van der Waals surface area contributed by atoms with Crippen LogP contribution in [0.1, 0.15) is 34.6 Å². The summed E-state index contributed by atoms with van der Waals surface area (Å²) >= 11 is 5.62. The molecule has 0 atom stereocenters. The van der Waals surface area contributed by atoms with Gasteiger partial charge in [-0.25, -0.2) is 9.97 Å². The molecule has 0 fully saturated rings. The normalized spacial score (nSPS) is 12.1. The van der Waals surface area contributed by atoms with Crippen molar-refractivity contribution in [3.8, 4) is 5.88 Å². The molecule has 1 heterocycles. The van der Waals surface area contributed by atoms with Crippen molar-refractivity contribution in [3.05, 3.63) is 17.5 Å². The minimum atomic E-state index is -0.769. The van der Waals surface area contributed by atoms with Gasteiger partial charge in [0.1, 0.15) is 17.4 Å². The van der Waals surface area contributed by atoms with Crippen LogP contribution in [0.15, 0.2) is 12.4 Å². The monoisotopic (exact) mass is 286 g/mol. The van der Waals surface area contributed by atoms with Crippen molar-refractivity contribution in [2.45, 2.75) is 40.2 Å². The number of hydrogen-bond acceptors (Lipinski definition) is 5. The third-order valence-electron chi connectivity index (χ3n) is 2.13. The number of aromatic nitrogens is 2. The minimum Gasteiger partial charge on any atom is -0.475 e. The molecule has 0 spiro atoms. The Morgan fingerprint density at radius 3 is 2.32 bits per heavy atom. The Bertz CT molecular complexity index is 438. The fourth-order valence-electron chi connectivity index (χ4n) is 1.10. The van der Waals surface area contributed by atoms with Crippen LogP contribution in [0, 0.1) is 5.41 Å². The highest BCUT2D eigenvalue weighted by molar-refractivity contribution is 6.29. The lowest BCUT2D eigenvalue weighted by Gasteiger charge is -2.28. The van der Waals surface area contributed by atoms with E-state index in [-0.39, 0.29) is 12.6 Å². The molecule has 1 aromatic heterocycles. The summed E-state index contributed by atoms with van der Waals surface area (Å²) in [6.45, 7) is 9.14. The van der Waals surface area contributed by atoms with E-state index in [1.807, 2.05) is 20.8 Å². The van der Waals surface area contributed by atoms with Crippen molar-refractivity contribution in [1.29, 1.82) is 0 Å². The first-order valence-corrected chi connectivity index (χ1v) is 6.32. The summed E-state index contributed by atoms with van der Waals surface area (Å²) in [7, 11) is 0. The fourth-order valence-corrected chi connectivity index (χ4v) is 1.20. The summed E-state index contributed by atoms with van der Waals surface area (Å²) in [4.78, 5) is 19.8. The Labute approximate surface area is 118 Å². The molecule has 106 valence electrons. The van der Waals surface area contributed by atoms with E-state index in [0.717, 1.165) is 0 Å². The number of carbonyl (C=O) groups is 1. The van der Waals surface area contributed by atoms with Gasteiger partial charge in [0.25, 0.3) is 0 Å². The smallest absolute Gasteiger partial charge is 0.315 e. The molecule has 0 N–H and O–H groups in total. The molecular formula is C13H19ClN2O3. The maximum atomic E-state index is 12.0. The van der Waals surface area contributed by atoms with Crippen molar-refractivity contribution in [1.82, 2.24) is 9.97 Å². The molecular weight excluding hydrogens is 268 g/mol. The van der Waals surface area contributed by atoms with Crippen LogP contribution in [0.25, 0.3) is 0 Å². The first-order chi connectivity index (χ1) is 8.60. The largest absolute Gasteiger partial charge is 0.475 e. The van der Waals surface area contributed by atoms with Gasteiger partial charge in [-0.05, 0) is 34.6 Å². The molecule has 0 radical (unpaired) electrons. The topological polar surface area (TPSA) is 61.3 Å². The van der Waals surface area contributed by atoms with Crippen LogP contribution < -0.4 is 4.74 Å². The summed E-state index contributed by atoms with van der Waals surface area (Å²) < 4.78 is 10.8. The van der Waals surface area contributed by atoms with Gasteiger partial charge in [0.2, 0.25) is 5.88 Å². The summed E-state index contributed by atoms with van der Waals surface area (Å²) in [5.74, 6) is 0.00274. The molecule has 19 heavy (non-hydrogen) atoms. The SMILES string of the molecule is CC(C)(C)OC(=O)C(C)(C)COc1cnc(Cl)cn1. The Hall–Kier alpha value is -1.36. The van der Waals surface area contributed by atoms with Gasteiger partial charge >= 0.3 is 5.97 Å². The van der Waals surface area contributed by atoms with Gasteiger partial charge in [0.05, 0.1) is 17.8 Å². The molecule has 0 unspecified atom stereocenters. The summed E-state index contributed by atoms with van der Waals surface area (Å²) in [6.07, 6.45) is 2.80. The van der Waals surface area contributed by atoms with E-state index in [9.17, 15) is 4.79 Å². The fraction of sp³-hybridized carbons (Fsp3) is 0.615. The lowest BCUT2D eigenvalue weighted by molar-refractivity contribution is -0.167. The van der Waals surface area contributed by atoms with Gasteiger partial charge in [-0.3, -0.25) is 4.79 Å². The van der Waals surface area contributed by atoms with Crippen LogP contribution >= 0.6 is 11.6 Å². The molecule has 0 aliphatic heterocycles. The van der Waals surface area contributed by atoms with Crippen molar-refractivity contribution < 1.29 is 14.3 Å². The van der Waals surface area contributed by atoms with Crippen molar-refractivity contribution in [3.63, 3.8) is 0 Å². The average molecular weight is 287 g/mol. The van der Waals surface area contributed by atoms with Gasteiger partial charge in [-0.15, -0.1) is 0 Å². The van der Waals surface area contributed by atoms with Crippen molar-refractivity contribution in [2.75, 3.05) is 6.61 Å². The van der Waals surface area contributed by atoms with Gasteiger partial charge < -0.3 is 9.47 Å². The van der Waals surface area contributed by atoms with E-state index in [0.29, 0.717) is 11.0 Å². The van der Waals surface area contributed by atoms with E-state index in [4.69, 9.17) is 21.1 Å². The van der Waals surface area contributed by atoms with Crippen molar-refractivity contribution >= 4 is 17.6 Å². The first kappa shape index (κ1) is 15.7. The highest BCUT2D eigenvalue weighted by atomic mass is 35.5. The molecule has 0 aromatic carbocycles. The molecule has 0 amide bonds. The molecule has 0 saturated heterocycles. The lowest BCUT2D eigenvalue weighted by Crippen LogP contribution is -2.37. The van der Waals surface area contributed by atoms with Crippen LogP contribution in [0.5, 0.6) is 5.88 Å². The average Bonchev–Trinajstić information content (AvgIpc) is 2.26. The van der Waals surface area contributed by atoms with Gasteiger partial charge in [-0.2, -0.15) is 0 Å². The quantitative estimate of drug-likeness (QED) is 0.797. The zero-order valence-corrected chi connectivity index (χ0v) is 12.6. The first-order valence-electron chi connectivity index (χ1n) is 5.94. The molecule has 1 aromatic rings. The Kier molecular flexibility index (Phi) is 4.74. The van der Waals surface area contributed by atoms with Crippen LogP contribution in [-0.2, 0) is 9.53 Å². The van der Waals surface area contributed by atoms with Crippen LogP contribution in [0.4, 0.5) is 0 Å². The third-order valence-corrected chi connectivity index (χ3v) is 2.32. The van der Waals surface area contributed by atoms with Gasteiger partial charge in [0.15, 0.2) is 0 Å². The van der Waals surface area contributed by atoms with E-state index in [1.54, 1.807) is 13.8 Å². The zero-order valence-electron chi connectivity index (χ0n) is 11.9. The molecule has 0 bridgehead atoms. The highest BCUT2D eigenvalue weighted by Crippen LogP contribution is 2.22. The summed E-state index contributed by atoms with van der Waals surface area (Å²) in [5, 5.41) is 0.291. The molecule has 6 heteroatoms. The highest BCUT2D eigenvalue weighted by Gasteiger charge is 2.33. The molecule has 5 nitrogen and oxygen atoms in total. The lowest BCUT2D eigenvalue weighted by atomic mass is 9.95. The maximum Gasteiger partial charge on any atom is 0.315 e. The molecule has 0 aliphatic carbocycles. The van der Waals surface area contributed by atoms with E-state index in [2.05, 4.69) is 9.97 Å². The second-order valence-electron chi connectivity index (χ2n) is 5.85. The Morgan fingerprint density at radius 1 is 1.21 bits per heavy atom. The number of rotatable bonds is 4.